The fourth-order valence-electron chi connectivity index (χ4n) is 3.03. The maximum absolute atomic E-state index is 14.0. The molecule has 0 unspecified atom stereocenters. The molecular formula is C21H18F3N3OS. The van der Waals surface area contributed by atoms with Crippen LogP contribution in [0.1, 0.15) is 18.4 Å². The van der Waals surface area contributed by atoms with E-state index in [0.717, 1.165) is 31.1 Å². The molecule has 150 valence electrons. The zero-order valence-electron chi connectivity index (χ0n) is 15.4. The molecule has 0 radical (unpaired) electrons. The third-order valence-corrected chi connectivity index (χ3v) is 5.41. The first-order chi connectivity index (χ1) is 14.1. The van der Waals surface area contributed by atoms with Crippen molar-refractivity contribution in [3.05, 3.63) is 75.7 Å². The average molecular weight is 417 g/mol. The van der Waals surface area contributed by atoms with Crippen LogP contribution >= 0.6 is 11.3 Å². The molecule has 1 saturated heterocycles. The van der Waals surface area contributed by atoms with Crippen LogP contribution in [0.5, 0.6) is 0 Å². The second-order valence-electron chi connectivity index (χ2n) is 6.61. The van der Waals surface area contributed by atoms with Gasteiger partial charge in [-0.3, -0.25) is 4.99 Å². The van der Waals surface area contributed by atoms with E-state index in [4.69, 9.17) is 4.74 Å². The highest BCUT2D eigenvalue weighted by Gasteiger charge is 2.15. The topological polar surface area (TPSA) is 38.9 Å². The second-order valence-corrected chi connectivity index (χ2v) is 7.44. The lowest BCUT2D eigenvalue weighted by Gasteiger charge is -2.06. The molecule has 3 aromatic rings. The van der Waals surface area contributed by atoms with E-state index in [9.17, 15) is 13.2 Å². The molecule has 0 N–H and O–H groups in total. The Morgan fingerprint density at radius 1 is 1.10 bits per heavy atom. The number of rotatable bonds is 5. The van der Waals surface area contributed by atoms with Gasteiger partial charge in [0, 0.05) is 29.2 Å². The molecule has 2 aromatic carbocycles. The van der Waals surface area contributed by atoms with E-state index in [1.807, 2.05) is 5.38 Å². The van der Waals surface area contributed by atoms with Crippen LogP contribution in [0, 0.1) is 17.5 Å². The summed E-state index contributed by atoms with van der Waals surface area (Å²) >= 11 is 1.38. The minimum atomic E-state index is -0.703. The van der Waals surface area contributed by atoms with Crippen molar-refractivity contribution in [3.8, 4) is 11.3 Å². The Labute approximate surface area is 169 Å². The highest BCUT2D eigenvalue weighted by atomic mass is 32.1. The summed E-state index contributed by atoms with van der Waals surface area (Å²) in [7, 11) is 0. The summed E-state index contributed by atoms with van der Waals surface area (Å²) in [5, 5.41) is 6.24. The van der Waals surface area contributed by atoms with Gasteiger partial charge in [0.15, 0.2) is 0 Å². The number of nitrogens with zero attached hydrogens (tertiary/aromatic N) is 3. The van der Waals surface area contributed by atoms with Gasteiger partial charge in [0.2, 0.25) is 4.80 Å². The van der Waals surface area contributed by atoms with Crippen LogP contribution in [0.3, 0.4) is 0 Å². The van der Waals surface area contributed by atoms with E-state index in [0.29, 0.717) is 17.0 Å². The maximum Gasteiger partial charge on any atom is 0.206 e. The first-order valence-corrected chi connectivity index (χ1v) is 10.1. The van der Waals surface area contributed by atoms with Gasteiger partial charge >= 0.3 is 0 Å². The van der Waals surface area contributed by atoms with Crippen LogP contribution in [0.15, 0.2) is 57.9 Å². The standard InChI is InChI=1S/C21H18F3N3OS/c22-16-6-3-14(4-7-16)20-13-29-21(25-12-18-2-1-9-28-18)27(20)26-11-15-5-8-17(23)10-19(15)24/h3-8,10-11,13,18H,1-2,9,12H2/b25-21?,26-11-/t18-/m0/s1. The zero-order chi connectivity index (χ0) is 20.2. The van der Waals surface area contributed by atoms with Gasteiger partial charge in [-0.1, -0.05) is 0 Å². The largest absolute Gasteiger partial charge is 0.376 e. The number of hydrogen-bond donors (Lipinski definition) is 0. The summed E-state index contributed by atoms with van der Waals surface area (Å²) < 4.78 is 47.6. The number of halogens is 3. The van der Waals surface area contributed by atoms with Gasteiger partial charge in [0.1, 0.15) is 17.5 Å². The average Bonchev–Trinajstić information content (AvgIpc) is 3.36. The van der Waals surface area contributed by atoms with Gasteiger partial charge in [-0.2, -0.15) is 5.10 Å². The van der Waals surface area contributed by atoms with Gasteiger partial charge in [0.25, 0.3) is 0 Å². The maximum atomic E-state index is 14.0. The highest BCUT2D eigenvalue weighted by Crippen LogP contribution is 2.21. The molecule has 0 bridgehead atoms. The lowest BCUT2D eigenvalue weighted by molar-refractivity contribution is 0.117. The first-order valence-electron chi connectivity index (χ1n) is 9.18. The zero-order valence-corrected chi connectivity index (χ0v) is 16.2. The number of thiazole rings is 1. The summed E-state index contributed by atoms with van der Waals surface area (Å²) in [6, 6.07) is 9.32. The normalized spacial score (nSPS) is 17.5. The van der Waals surface area contributed by atoms with Crippen molar-refractivity contribution in [2.24, 2.45) is 10.1 Å². The smallest absolute Gasteiger partial charge is 0.206 e. The van der Waals surface area contributed by atoms with E-state index < -0.39 is 11.6 Å². The van der Waals surface area contributed by atoms with E-state index in [2.05, 4.69) is 10.1 Å². The Morgan fingerprint density at radius 2 is 1.90 bits per heavy atom. The van der Waals surface area contributed by atoms with Gasteiger partial charge in [-0.25, -0.2) is 17.8 Å². The van der Waals surface area contributed by atoms with Crippen molar-refractivity contribution in [3.63, 3.8) is 0 Å². The molecule has 0 aliphatic carbocycles. The molecule has 0 spiro atoms. The van der Waals surface area contributed by atoms with E-state index >= 15 is 0 Å². The molecule has 1 atom stereocenters. The van der Waals surface area contributed by atoms with Crippen LogP contribution in [0.4, 0.5) is 13.2 Å². The summed E-state index contributed by atoms with van der Waals surface area (Å²) in [5.41, 5.74) is 1.60. The van der Waals surface area contributed by atoms with Crippen LogP contribution in [0.2, 0.25) is 0 Å². The van der Waals surface area contributed by atoms with Crippen molar-refractivity contribution < 1.29 is 17.9 Å². The first kappa shape index (κ1) is 19.6. The summed E-state index contributed by atoms with van der Waals surface area (Å²) in [5.74, 6) is -1.69. The van der Waals surface area contributed by atoms with Crippen LogP contribution in [0.25, 0.3) is 11.3 Å². The van der Waals surface area contributed by atoms with Gasteiger partial charge in [0.05, 0.1) is 24.6 Å². The minimum Gasteiger partial charge on any atom is -0.376 e. The third kappa shape index (κ3) is 4.65. The lowest BCUT2D eigenvalue weighted by atomic mass is 10.2. The number of hydrogen-bond acceptors (Lipinski definition) is 4. The van der Waals surface area contributed by atoms with Crippen molar-refractivity contribution >= 4 is 17.6 Å². The Hall–Kier alpha value is -2.71. The Bertz CT molecular complexity index is 1080. The van der Waals surface area contributed by atoms with Crippen molar-refractivity contribution in [1.82, 2.24) is 4.68 Å². The Balaban J connectivity index is 1.73. The fourth-order valence-corrected chi connectivity index (χ4v) is 3.88. The molecule has 4 rings (SSSR count). The van der Waals surface area contributed by atoms with E-state index in [-0.39, 0.29) is 17.5 Å². The number of ether oxygens (including phenoxy) is 1. The lowest BCUT2D eigenvalue weighted by Crippen LogP contribution is -2.17. The van der Waals surface area contributed by atoms with Gasteiger partial charge in [-0.05, 0) is 49.2 Å². The molecule has 4 nitrogen and oxygen atoms in total. The van der Waals surface area contributed by atoms with E-state index in [1.165, 1.54) is 41.8 Å². The monoisotopic (exact) mass is 417 g/mol. The Morgan fingerprint density at radius 3 is 2.62 bits per heavy atom. The molecule has 8 heteroatoms. The number of benzene rings is 2. The predicted octanol–water partition coefficient (Wildman–Crippen LogP) is 4.60. The van der Waals surface area contributed by atoms with E-state index in [1.54, 1.807) is 16.8 Å². The SMILES string of the molecule is Fc1ccc(-c2csc(=NC[C@@H]3CCCO3)n2/N=C\c2ccc(F)cc2F)cc1. The van der Waals surface area contributed by atoms with Crippen molar-refractivity contribution in [2.45, 2.75) is 18.9 Å². The summed E-state index contributed by atoms with van der Waals surface area (Å²) in [6.07, 6.45) is 3.38. The predicted molar refractivity (Wildman–Crippen MR) is 106 cm³/mol. The molecular weight excluding hydrogens is 399 g/mol. The molecule has 2 heterocycles. The van der Waals surface area contributed by atoms with Crippen LogP contribution < -0.4 is 4.80 Å². The van der Waals surface area contributed by atoms with Crippen LogP contribution in [-0.4, -0.2) is 30.1 Å². The molecule has 1 aliphatic rings. The molecule has 29 heavy (non-hydrogen) atoms. The fraction of sp³-hybridized carbons (Fsp3) is 0.238. The molecule has 1 aliphatic heterocycles. The van der Waals surface area contributed by atoms with Crippen molar-refractivity contribution in [2.75, 3.05) is 13.2 Å². The summed E-state index contributed by atoms with van der Waals surface area (Å²) in [4.78, 5) is 5.23. The minimum absolute atomic E-state index is 0.0818. The molecule has 1 aromatic heterocycles. The summed E-state index contributed by atoms with van der Waals surface area (Å²) in [6.45, 7) is 1.25. The quantitative estimate of drug-likeness (QED) is 0.560. The molecule has 0 saturated carbocycles. The van der Waals surface area contributed by atoms with Crippen molar-refractivity contribution in [1.29, 1.82) is 0 Å². The van der Waals surface area contributed by atoms with Gasteiger partial charge in [-0.15, -0.1) is 11.3 Å². The van der Waals surface area contributed by atoms with Gasteiger partial charge < -0.3 is 4.74 Å². The third-order valence-electron chi connectivity index (χ3n) is 4.55. The molecule has 1 fully saturated rings. The highest BCUT2D eigenvalue weighted by molar-refractivity contribution is 7.07. The number of aromatic nitrogens is 1. The van der Waals surface area contributed by atoms with Crippen LogP contribution in [-0.2, 0) is 4.74 Å². The Kier molecular flexibility index (Phi) is 5.92. The molecule has 0 amide bonds. The second kappa shape index (κ2) is 8.75.